The number of aryl methyl sites for hydroxylation is 1. The van der Waals surface area contributed by atoms with Gasteiger partial charge in [-0.3, -0.25) is 15.6 Å². The molecule has 0 saturated carbocycles. The fourth-order valence-electron chi connectivity index (χ4n) is 2.73. The van der Waals surface area contributed by atoms with Crippen molar-refractivity contribution in [2.75, 3.05) is 13.1 Å². The summed E-state index contributed by atoms with van der Waals surface area (Å²) in [5.74, 6) is -0.482. The first-order valence-electron chi connectivity index (χ1n) is 9.28. The molecule has 9 heteroatoms. The largest absolute Gasteiger partial charge is 0.357 e. The summed E-state index contributed by atoms with van der Waals surface area (Å²) in [6, 6.07) is 14.3. The van der Waals surface area contributed by atoms with Crippen molar-refractivity contribution in [1.29, 1.82) is 0 Å². The van der Waals surface area contributed by atoms with Gasteiger partial charge in [-0.15, -0.1) is 0 Å². The molecule has 7 nitrogen and oxygen atoms in total. The highest BCUT2D eigenvalue weighted by Crippen LogP contribution is 2.21. The van der Waals surface area contributed by atoms with E-state index in [2.05, 4.69) is 16.2 Å². The topological polar surface area (TPSA) is 90.5 Å². The number of hydrogen-bond acceptors (Lipinski definition) is 4. The predicted octanol–water partition coefficient (Wildman–Crippen LogP) is 2.33. The molecule has 1 amide bonds. The Labute approximate surface area is 177 Å². The summed E-state index contributed by atoms with van der Waals surface area (Å²) in [4.78, 5) is 12.6. The number of amides is 1. The summed E-state index contributed by atoms with van der Waals surface area (Å²) in [5.41, 5.74) is 6.97. The highest BCUT2D eigenvalue weighted by atomic mass is 32.2. The van der Waals surface area contributed by atoms with E-state index in [-0.39, 0.29) is 15.6 Å². The van der Waals surface area contributed by atoms with Crippen LogP contribution in [0.25, 0.3) is 0 Å². The van der Waals surface area contributed by atoms with Crippen molar-refractivity contribution >= 4 is 33.3 Å². The molecule has 0 aromatic heterocycles. The van der Waals surface area contributed by atoms with Crippen molar-refractivity contribution in [1.82, 2.24) is 20.5 Å². The number of sulfonamides is 1. The van der Waals surface area contributed by atoms with E-state index in [0.717, 1.165) is 5.56 Å². The van der Waals surface area contributed by atoms with Crippen LogP contribution in [0.4, 0.5) is 0 Å². The molecule has 0 atom stereocenters. The lowest BCUT2D eigenvalue weighted by molar-refractivity contribution is 0.0943. The second-order valence-corrected chi connectivity index (χ2v) is 8.63. The van der Waals surface area contributed by atoms with E-state index >= 15 is 0 Å². The molecule has 2 aromatic carbocycles. The molecule has 0 heterocycles. The van der Waals surface area contributed by atoms with Crippen LogP contribution in [-0.4, -0.2) is 36.8 Å². The minimum Gasteiger partial charge on any atom is -0.357 e. The van der Waals surface area contributed by atoms with Crippen molar-refractivity contribution in [2.45, 2.75) is 32.2 Å². The van der Waals surface area contributed by atoms with Crippen molar-refractivity contribution < 1.29 is 13.2 Å². The smallest absolute Gasteiger partial charge is 0.269 e. The van der Waals surface area contributed by atoms with Crippen molar-refractivity contribution in [3.63, 3.8) is 0 Å². The van der Waals surface area contributed by atoms with Gasteiger partial charge in [0, 0.05) is 25.2 Å². The molecule has 0 bridgehead atoms. The number of carbonyl (C=O) groups is 1. The Morgan fingerprint density at radius 3 is 2.31 bits per heavy atom. The third-order valence-corrected chi connectivity index (χ3v) is 6.80. The Balaban J connectivity index is 2.03. The van der Waals surface area contributed by atoms with Crippen molar-refractivity contribution in [2.24, 2.45) is 0 Å². The van der Waals surface area contributed by atoms with Crippen molar-refractivity contribution in [3.05, 3.63) is 65.2 Å². The van der Waals surface area contributed by atoms with Crippen LogP contribution in [-0.2, 0) is 16.6 Å². The maximum absolute atomic E-state index is 12.8. The number of benzene rings is 2. The number of nitrogens with zero attached hydrogens (tertiary/aromatic N) is 1. The molecule has 0 saturated heterocycles. The van der Waals surface area contributed by atoms with Crippen molar-refractivity contribution in [3.8, 4) is 0 Å². The van der Waals surface area contributed by atoms with Crippen LogP contribution in [0.3, 0.4) is 0 Å². The Morgan fingerprint density at radius 2 is 1.69 bits per heavy atom. The summed E-state index contributed by atoms with van der Waals surface area (Å²) in [5, 5.41) is 3.24. The van der Waals surface area contributed by atoms with Gasteiger partial charge in [0.15, 0.2) is 5.11 Å². The highest BCUT2D eigenvalue weighted by molar-refractivity contribution is 7.89. The second kappa shape index (κ2) is 10.3. The Morgan fingerprint density at radius 1 is 1.03 bits per heavy atom. The summed E-state index contributed by atoms with van der Waals surface area (Å²) >= 11 is 5.15. The van der Waals surface area contributed by atoms with Gasteiger partial charge in [-0.25, -0.2) is 8.42 Å². The van der Waals surface area contributed by atoms with E-state index in [1.165, 1.54) is 10.4 Å². The van der Waals surface area contributed by atoms with Gasteiger partial charge < -0.3 is 5.32 Å². The molecular weight excluding hydrogens is 408 g/mol. The maximum atomic E-state index is 12.8. The standard InChI is InChI=1S/C20H26N4O3S2/c1-4-24(5-2)29(26,27)18-13-17(12-11-15(18)3)19(25)22-23-20(28)21-14-16-9-7-6-8-10-16/h6-13H,4-5,14H2,1-3H3,(H,22,25)(H2,21,23,28). The predicted molar refractivity (Wildman–Crippen MR) is 118 cm³/mol. The normalized spacial score (nSPS) is 11.2. The Kier molecular flexibility index (Phi) is 8.12. The van der Waals surface area contributed by atoms with Gasteiger partial charge >= 0.3 is 0 Å². The Bertz CT molecular complexity index is 959. The van der Waals surface area contributed by atoms with Crippen LogP contribution >= 0.6 is 12.2 Å². The third-order valence-electron chi connectivity index (χ3n) is 4.36. The van der Waals surface area contributed by atoms with E-state index in [0.29, 0.717) is 25.2 Å². The zero-order chi connectivity index (χ0) is 21.4. The lowest BCUT2D eigenvalue weighted by Crippen LogP contribution is -2.46. The number of nitrogens with one attached hydrogen (secondary N) is 3. The minimum absolute atomic E-state index is 0.124. The van der Waals surface area contributed by atoms with Crippen LogP contribution in [0.1, 0.15) is 35.3 Å². The number of rotatable bonds is 7. The number of hydrogen-bond donors (Lipinski definition) is 3. The molecule has 0 aliphatic rings. The lowest BCUT2D eigenvalue weighted by atomic mass is 10.1. The molecule has 0 unspecified atom stereocenters. The molecule has 2 rings (SSSR count). The van der Waals surface area contributed by atoms with Gasteiger partial charge in [0.1, 0.15) is 0 Å². The van der Waals surface area contributed by atoms with Crippen LogP contribution in [0.2, 0.25) is 0 Å². The van der Waals surface area contributed by atoms with Gasteiger partial charge in [-0.1, -0.05) is 50.2 Å². The van der Waals surface area contributed by atoms with Gasteiger partial charge in [0.2, 0.25) is 10.0 Å². The summed E-state index contributed by atoms with van der Waals surface area (Å²) in [6.07, 6.45) is 0. The SMILES string of the molecule is CCN(CC)S(=O)(=O)c1cc(C(=O)NNC(=S)NCc2ccccc2)ccc1C. The van der Waals surface area contributed by atoms with E-state index in [9.17, 15) is 13.2 Å². The number of carbonyl (C=O) groups excluding carboxylic acids is 1. The first-order valence-corrected chi connectivity index (χ1v) is 11.1. The van der Waals surface area contributed by atoms with Gasteiger partial charge in [-0.05, 0) is 42.4 Å². The molecule has 2 aromatic rings. The van der Waals surface area contributed by atoms with Crippen LogP contribution in [0.5, 0.6) is 0 Å². The molecule has 29 heavy (non-hydrogen) atoms. The molecule has 3 N–H and O–H groups in total. The minimum atomic E-state index is -3.66. The quantitative estimate of drug-likeness (QED) is 0.458. The van der Waals surface area contributed by atoms with Crippen LogP contribution in [0, 0.1) is 6.92 Å². The third kappa shape index (κ3) is 5.99. The van der Waals surface area contributed by atoms with Gasteiger partial charge in [0.25, 0.3) is 5.91 Å². The summed E-state index contributed by atoms with van der Waals surface area (Å²) in [7, 11) is -3.66. The highest BCUT2D eigenvalue weighted by Gasteiger charge is 2.24. The molecular formula is C20H26N4O3S2. The zero-order valence-corrected chi connectivity index (χ0v) is 18.4. The number of hydrazine groups is 1. The van der Waals surface area contributed by atoms with E-state index < -0.39 is 15.9 Å². The van der Waals surface area contributed by atoms with Gasteiger partial charge in [0.05, 0.1) is 4.90 Å². The fourth-order valence-corrected chi connectivity index (χ4v) is 4.56. The monoisotopic (exact) mass is 434 g/mol. The fraction of sp³-hybridized carbons (Fsp3) is 0.300. The summed E-state index contributed by atoms with van der Waals surface area (Å²) < 4.78 is 27.0. The van der Waals surface area contributed by atoms with Crippen LogP contribution < -0.4 is 16.2 Å². The Hall–Kier alpha value is -2.49. The zero-order valence-electron chi connectivity index (χ0n) is 16.7. The molecule has 0 spiro atoms. The summed E-state index contributed by atoms with van der Waals surface area (Å²) in [6.45, 7) is 6.49. The lowest BCUT2D eigenvalue weighted by Gasteiger charge is -2.20. The average molecular weight is 435 g/mol. The van der Waals surface area contributed by atoms with E-state index in [1.807, 2.05) is 30.3 Å². The first-order chi connectivity index (χ1) is 13.8. The van der Waals surface area contributed by atoms with Gasteiger partial charge in [-0.2, -0.15) is 4.31 Å². The molecule has 0 aliphatic carbocycles. The molecule has 156 valence electrons. The van der Waals surface area contributed by atoms with E-state index in [4.69, 9.17) is 12.2 Å². The molecule has 0 radical (unpaired) electrons. The molecule has 0 aliphatic heterocycles. The number of thiocarbonyl (C=S) groups is 1. The first kappa shape index (κ1) is 22.8. The average Bonchev–Trinajstić information content (AvgIpc) is 2.72. The van der Waals surface area contributed by atoms with Crippen LogP contribution in [0.15, 0.2) is 53.4 Å². The van der Waals surface area contributed by atoms with E-state index in [1.54, 1.807) is 32.9 Å². The maximum Gasteiger partial charge on any atom is 0.269 e. The second-order valence-electron chi connectivity index (χ2n) is 6.32. The molecule has 0 fully saturated rings.